The van der Waals surface area contributed by atoms with Crippen LogP contribution < -0.4 is 10.6 Å². The number of aromatic nitrogens is 1. The summed E-state index contributed by atoms with van der Waals surface area (Å²) in [6.07, 6.45) is 0. The van der Waals surface area contributed by atoms with E-state index in [9.17, 15) is 14.4 Å². The summed E-state index contributed by atoms with van der Waals surface area (Å²) in [5.74, 6) is -1.77. The van der Waals surface area contributed by atoms with Gasteiger partial charge in [-0.15, -0.1) is 11.3 Å². The summed E-state index contributed by atoms with van der Waals surface area (Å²) in [6.45, 7) is 2.97. The van der Waals surface area contributed by atoms with Gasteiger partial charge in [-0.25, -0.2) is 9.78 Å². The smallest absolute Gasteiger partial charge is 0.328 e. The summed E-state index contributed by atoms with van der Waals surface area (Å²) in [5.41, 5.74) is 3.08. The first kappa shape index (κ1) is 22.5. The molecule has 0 spiro atoms. The van der Waals surface area contributed by atoms with E-state index in [2.05, 4.69) is 15.6 Å². The summed E-state index contributed by atoms with van der Waals surface area (Å²) >= 11 is 7.25. The maximum atomic E-state index is 12.2. The second kappa shape index (κ2) is 10.2. The Labute approximate surface area is 188 Å². The third-order valence-electron chi connectivity index (χ3n) is 4.26. The summed E-state index contributed by atoms with van der Waals surface area (Å²) in [5, 5.41) is 7.60. The summed E-state index contributed by atoms with van der Waals surface area (Å²) in [6, 6.07) is 13.4. The quantitative estimate of drug-likeness (QED) is 0.521. The van der Waals surface area contributed by atoms with Gasteiger partial charge in [0.25, 0.3) is 11.8 Å². The van der Waals surface area contributed by atoms with Gasteiger partial charge in [0.15, 0.2) is 11.7 Å². The fourth-order valence-corrected chi connectivity index (χ4v) is 3.54. The molecule has 1 aromatic heterocycles. The van der Waals surface area contributed by atoms with Crippen LogP contribution in [0.3, 0.4) is 0 Å². The maximum Gasteiger partial charge on any atom is 0.328 e. The number of benzene rings is 2. The minimum absolute atomic E-state index is 0.245. The number of aryl methyl sites for hydroxylation is 1. The molecule has 0 radical (unpaired) electrons. The molecule has 1 heterocycles. The van der Waals surface area contributed by atoms with Crippen LogP contribution in [0.5, 0.6) is 0 Å². The fraction of sp³-hybridized carbons (Fsp3) is 0.182. The summed E-state index contributed by atoms with van der Waals surface area (Å²) < 4.78 is 4.99. The second-order valence-corrected chi connectivity index (χ2v) is 8.00. The van der Waals surface area contributed by atoms with Crippen LogP contribution in [0.1, 0.15) is 22.8 Å². The maximum absolute atomic E-state index is 12.2. The number of amides is 2. The zero-order chi connectivity index (χ0) is 22.4. The first-order valence-corrected chi connectivity index (χ1v) is 10.6. The molecule has 2 aromatic carbocycles. The number of hydrogen-bond donors (Lipinski definition) is 2. The molecule has 0 fully saturated rings. The van der Waals surface area contributed by atoms with E-state index >= 15 is 0 Å². The molecule has 0 unspecified atom stereocenters. The molecule has 3 aromatic rings. The summed E-state index contributed by atoms with van der Waals surface area (Å²) in [7, 11) is 0. The molecular weight excluding hydrogens is 438 g/mol. The highest BCUT2D eigenvalue weighted by Gasteiger charge is 2.20. The first-order valence-electron chi connectivity index (χ1n) is 9.38. The lowest BCUT2D eigenvalue weighted by molar-refractivity contribution is -0.148. The molecule has 160 valence electrons. The van der Waals surface area contributed by atoms with Crippen LogP contribution in [0, 0.1) is 6.92 Å². The Kier molecular flexibility index (Phi) is 7.38. The van der Waals surface area contributed by atoms with Crippen LogP contribution in [0.4, 0.5) is 5.13 Å². The Hall–Kier alpha value is -3.23. The average Bonchev–Trinajstić information content (AvgIpc) is 3.21. The third kappa shape index (κ3) is 6.13. The van der Waals surface area contributed by atoms with Crippen LogP contribution in [0.15, 0.2) is 53.9 Å². The molecule has 9 heteroatoms. The molecule has 0 aliphatic carbocycles. The van der Waals surface area contributed by atoms with Crippen LogP contribution in [-0.2, 0) is 14.3 Å². The Morgan fingerprint density at radius 1 is 1.13 bits per heavy atom. The van der Waals surface area contributed by atoms with Crippen molar-refractivity contribution in [3.63, 3.8) is 0 Å². The highest BCUT2D eigenvalue weighted by atomic mass is 35.5. The van der Waals surface area contributed by atoms with Crippen molar-refractivity contribution < 1.29 is 19.1 Å². The van der Waals surface area contributed by atoms with E-state index in [-0.39, 0.29) is 10.6 Å². The van der Waals surface area contributed by atoms with Gasteiger partial charge in [-0.3, -0.25) is 14.9 Å². The molecule has 3 rings (SSSR count). The average molecular weight is 458 g/mol. The fourth-order valence-electron chi connectivity index (χ4n) is 2.58. The molecule has 31 heavy (non-hydrogen) atoms. The lowest BCUT2D eigenvalue weighted by atomic mass is 10.1. The molecule has 0 aliphatic rings. The van der Waals surface area contributed by atoms with Crippen molar-refractivity contribution in [3.05, 3.63) is 70.1 Å². The summed E-state index contributed by atoms with van der Waals surface area (Å²) in [4.78, 5) is 40.8. The van der Waals surface area contributed by atoms with Gasteiger partial charge in [0, 0.05) is 10.9 Å². The topological polar surface area (TPSA) is 97.4 Å². The number of ether oxygens (including phenoxy) is 1. The molecule has 2 amide bonds. The predicted octanol–water partition coefficient (Wildman–Crippen LogP) is 4.07. The van der Waals surface area contributed by atoms with Gasteiger partial charge in [-0.05, 0) is 26.0 Å². The molecule has 1 atom stereocenters. The Bertz CT molecular complexity index is 1100. The Morgan fingerprint density at radius 2 is 1.84 bits per heavy atom. The number of hydrogen-bond acceptors (Lipinski definition) is 6. The van der Waals surface area contributed by atoms with E-state index in [1.54, 1.807) is 24.3 Å². The monoisotopic (exact) mass is 457 g/mol. The van der Waals surface area contributed by atoms with Gasteiger partial charge < -0.3 is 10.1 Å². The number of carbonyl (C=O) groups is 3. The molecule has 0 saturated heterocycles. The number of rotatable bonds is 7. The molecule has 0 bridgehead atoms. The van der Waals surface area contributed by atoms with E-state index in [1.807, 2.05) is 36.6 Å². The van der Waals surface area contributed by atoms with Crippen molar-refractivity contribution in [2.45, 2.75) is 19.9 Å². The van der Waals surface area contributed by atoms with Gasteiger partial charge in [0.1, 0.15) is 6.04 Å². The third-order valence-corrected chi connectivity index (χ3v) is 5.35. The van der Waals surface area contributed by atoms with E-state index in [1.165, 1.54) is 18.3 Å². The van der Waals surface area contributed by atoms with Gasteiger partial charge in [0.2, 0.25) is 0 Å². The molecule has 2 N–H and O–H groups in total. The second-order valence-electron chi connectivity index (χ2n) is 6.73. The number of carbonyl (C=O) groups excluding carboxylic acids is 3. The Morgan fingerprint density at radius 3 is 2.55 bits per heavy atom. The van der Waals surface area contributed by atoms with Gasteiger partial charge in [-0.2, -0.15) is 0 Å². The molecular formula is C22H20ClN3O4S. The molecule has 0 aliphatic heterocycles. The zero-order valence-electron chi connectivity index (χ0n) is 16.8. The lowest BCUT2D eigenvalue weighted by Gasteiger charge is -2.13. The van der Waals surface area contributed by atoms with Crippen LogP contribution >= 0.6 is 22.9 Å². The van der Waals surface area contributed by atoms with E-state index in [4.69, 9.17) is 16.3 Å². The van der Waals surface area contributed by atoms with E-state index in [0.29, 0.717) is 5.13 Å². The normalized spacial score (nSPS) is 11.5. The number of esters is 1. The van der Waals surface area contributed by atoms with Gasteiger partial charge in [0.05, 0.1) is 16.3 Å². The highest BCUT2D eigenvalue weighted by Crippen LogP contribution is 2.25. The lowest BCUT2D eigenvalue weighted by Crippen LogP contribution is -2.40. The molecule has 7 nitrogen and oxygen atoms in total. The Balaban J connectivity index is 1.48. The predicted molar refractivity (Wildman–Crippen MR) is 120 cm³/mol. The largest absolute Gasteiger partial charge is 0.454 e. The van der Waals surface area contributed by atoms with Crippen molar-refractivity contribution >= 4 is 45.9 Å². The minimum Gasteiger partial charge on any atom is -0.454 e. The van der Waals surface area contributed by atoms with Gasteiger partial charge >= 0.3 is 5.97 Å². The number of anilines is 1. The van der Waals surface area contributed by atoms with Gasteiger partial charge in [-0.1, -0.05) is 53.6 Å². The van der Waals surface area contributed by atoms with Crippen LogP contribution in [-0.4, -0.2) is 35.4 Å². The van der Waals surface area contributed by atoms with Crippen molar-refractivity contribution in [1.82, 2.24) is 10.3 Å². The number of nitrogens with zero attached hydrogens (tertiary/aromatic N) is 1. The zero-order valence-corrected chi connectivity index (χ0v) is 18.4. The number of nitrogens with one attached hydrogen (secondary N) is 2. The van der Waals surface area contributed by atoms with E-state index in [0.717, 1.165) is 16.8 Å². The van der Waals surface area contributed by atoms with Crippen molar-refractivity contribution in [2.24, 2.45) is 0 Å². The highest BCUT2D eigenvalue weighted by molar-refractivity contribution is 7.14. The van der Waals surface area contributed by atoms with Crippen molar-refractivity contribution in [3.8, 4) is 11.3 Å². The van der Waals surface area contributed by atoms with E-state index < -0.39 is 30.4 Å². The standard InChI is InChI=1S/C22H20ClN3O4S/c1-13-7-9-15(10-8-13)18-12-31-22(25-18)26-19(27)11-30-21(29)14(2)24-20(28)16-5-3-4-6-17(16)23/h3-10,12,14H,11H2,1-2H3,(H,24,28)(H,25,26,27)/t14-/m0/s1. The first-order chi connectivity index (χ1) is 14.8. The number of halogens is 1. The van der Waals surface area contributed by atoms with Crippen LogP contribution in [0.2, 0.25) is 5.02 Å². The SMILES string of the molecule is Cc1ccc(-c2csc(NC(=O)COC(=O)[C@H](C)NC(=O)c3ccccc3Cl)n2)cc1. The van der Waals surface area contributed by atoms with Crippen molar-refractivity contribution in [2.75, 3.05) is 11.9 Å². The number of thiazole rings is 1. The minimum atomic E-state index is -0.954. The van der Waals surface area contributed by atoms with Crippen molar-refractivity contribution in [1.29, 1.82) is 0 Å². The van der Waals surface area contributed by atoms with Crippen LogP contribution in [0.25, 0.3) is 11.3 Å². The molecule has 0 saturated carbocycles.